The number of anilines is 1. The number of nitrogens with one attached hydrogen (secondary N) is 1. The average molecular weight is 1140 g/mol. The van der Waals surface area contributed by atoms with Crippen molar-refractivity contribution in [3.63, 3.8) is 0 Å². The van der Waals surface area contributed by atoms with Crippen LogP contribution in [-0.2, 0) is 21.4 Å². The zero-order valence-electron chi connectivity index (χ0n) is 46.0. The number of nitriles is 1. The Hall–Kier alpha value is -8.19. The van der Waals surface area contributed by atoms with Gasteiger partial charge in [0.1, 0.15) is 35.7 Å². The number of amides is 3. The fourth-order valence-corrected chi connectivity index (χ4v) is 11.8. The van der Waals surface area contributed by atoms with Gasteiger partial charge < -0.3 is 44.2 Å². The van der Waals surface area contributed by atoms with Crippen LogP contribution in [0.3, 0.4) is 0 Å². The normalized spacial score (nSPS) is 18.7. The monoisotopic (exact) mass is 1140 g/mol. The molecule has 82 heavy (non-hydrogen) atoms. The van der Waals surface area contributed by atoms with Gasteiger partial charge in [0.25, 0.3) is 11.8 Å². The third-order valence-electron chi connectivity index (χ3n) is 15.9. The molecule has 3 aromatic heterocycles. The molecule has 22 heteroatoms. The maximum absolute atomic E-state index is 17.3. The number of phenols is 1. The van der Waals surface area contributed by atoms with E-state index in [9.17, 15) is 34.2 Å². The molecule has 6 heterocycles. The Morgan fingerprint density at radius 1 is 0.963 bits per heavy atom. The SMILES string of the molecule is C=C(F)C(=O)N1CCN(c2nc(OCCN3CCC(COc4cc([C@@H](C(=O)N5C[C@H](O)C[C@H]5C(=O)N[C@@H](C)c5ccc(-c6ccnn6C)cc5)C(C)C)on4)CC3)nc3c(F)c(-c4cc(O)cc5ccccc45)c(Cl)cc23)C[C@@H]1CC#N. The van der Waals surface area contributed by atoms with Gasteiger partial charge in [0.15, 0.2) is 17.4 Å². The Kier molecular flexibility index (Phi) is 17.0. The average Bonchev–Trinajstić information content (AvgIpc) is 2.08. The molecule has 0 saturated carbocycles. The Bertz CT molecular complexity index is 3560. The van der Waals surface area contributed by atoms with Gasteiger partial charge >= 0.3 is 6.01 Å². The van der Waals surface area contributed by atoms with E-state index in [1.165, 1.54) is 15.9 Å². The van der Waals surface area contributed by atoms with Crippen LogP contribution in [-0.4, -0.2) is 145 Å². The van der Waals surface area contributed by atoms with Crippen LogP contribution in [0.5, 0.6) is 17.6 Å². The van der Waals surface area contributed by atoms with Gasteiger partial charge in [0, 0.05) is 69.4 Å². The maximum atomic E-state index is 17.3. The summed E-state index contributed by atoms with van der Waals surface area (Å²) in [5.74, 6) is -3.69. The number of ether oxygens (including phenoxy) is 2. The summed E-state index contributed by atoms with van der Waals surface area (Å²) in [5.41, 5.74) is 3.10. The fourth-order valence-electron chi connectivity index (χ4n) is 11.5. The molecule has 0 unspecified atom stereocenters. The lowest BCUT2D eigenvalue weighted by molar-refractivity contribution is -0.141. The van der Waals surface area contributed by atoms with E-state index in [1.54, 1.807) is 52.2 Å². The van der Waals surface area contributed by atoms with Crippen molar-refractivity contribution in [2.24, 2.45) is 18.9 Å². The second-order valence-electron chi connectivity index (χ2n) is 21.7. The molecule has 4 aromatic carbocycles. The Balaban J connectivity index is 0.767. The maximum Gasteiger partial charge on any atom is 0.319 e. The number of piperazine rings is 1. The number of nitrogens with zero attached hydrogens (tertiary/aromatic N) is 10. The molecule has 0 aliphatic carbocycles. The van der Waals surface area contributed by atoms with Crippen LogP contribution in [0, 0.1) is 29.0 Å². The van der Waals surface area contributed by atoms with Crippen molar-refractivity contribution >= 4 is 56.8 Å². The van der Waals surface area contributed by atoms with Gasteiger partial charge in [-0.2, -0.15) is 20.3 Å². The molecule has 5 atom stereocenters. The molecule has 19 nitrogen and oxygen atoms in total. The van der Waals surface area contributed by atoms with E-state index >= 15 is 4.39 Å². The van der Waals surface area contributed by atoms with Gasteiger partial charge in [0.05, 0.1) is 48.0 Å². The number of rotatable bonds is 18. The number of halogens is 3. The summed E-state index contributed by atoms with van der Waals surface area (Å²) in [6.07, 6.45) is 2.42. The van der Waals surface area contributed by atoms with Crippen molar-refractivity contribution < 1.29 is 47.4 Å². The number of aliphatic hydroxyl groups excluding tert-OH is 1. The van der Waals surface area contributed by atoms with Gasteiger partial charge in [-0.3, -0.25) is 24.0 Å². The quantitative estimate of drug-likeness (QED) is 0.0685. The number of aromatic nitrogens is 5. The van der Waals surface area contributed by atoms with Crippen molar-refractivity contribution in [2.75, 3.05) is 63.9 Å². The van der Waals surface area contributed by atoms with E-state index in [-0.39, 0.29) is 120 Å². The van der Waals surface area contributed by atoms with Crippen LogP contribution in [0.15, 0.2) is 102 Å². The molecule has 3 N–H and O–H groups in total. The number of fused-ring (bicyclic) bond motifs is 2. The molecule has 7 aromatic rings. The zero-order chi connectivity index (χ0) is 57.9. The van der Waals surface area contributed by atoms with Crippen molar-refractivity contribution in [1.82, 2.24) is 44.9 Å². The molecular formula is C60H64ClF2N11O8. The number of likely N-dealkylation sites (tertiary alicyclic amines) is 2. The molecule has 3 saturated heterocycles. The first-order valence-corrected chi connectivity index (χ1v) is 27.8. The molecule has 428 valence electrons. The molecule has 10 rings (SSSR count). The number of piperidine rings is 1. The summed E-state index contributed by atoms with van der Waals surface area (Å²) in [6, 6.07) is 23.2. The number of hydrogen-bond donors (Lipinski definition) is 3. The standard InChI is InChI=1S/C60H64ClF2N11O8/c1-34(2)52(59(79)74-32-43(76)28-49(74)57(77)66-36(4)38-10-12-39(13-11-38)48-15-19-65-70(48)5)50-30-51(69-82-50)81-33-37-16-20-71(21-17-37)24-25-80-60-67-55-46(56(68-60)72-22-23-73(58(78)35(3)62)41(31-72)14-18-64)29-47(61)53(54(55)63)45-27-42(75)26-40-8-6-7-9-44(40)45/h6-13,15,19,26-27,29-30,34,36-37,41,43,49,52,75-76H,3,14,16-17,20-25,28,31-33H2,1-2,4-5H3,(H,66,77)/t36-,41-,43+,49-,52-/m0/s1. The minimum Gasteiger partial charge on any atom is -0.508 e. The highest BCUT2D eigenvalue weighted by atomic mass is 35.5. The lowest BCUT2D eigenvalue weighted by atomic mass is 9.91. The van der Waals surface area contributed by atoms with Gasteiger partial charge in [-0.15, -0.1) is 0 Å². The molecular weight excluding hydrogens is 1080 g/mol. The number of β-amino-alcohol motifs (C(OH)–C–C–N with tert-alkyl or cyclic N) is 1. The summed E-state index contributed by atoms with van der Waals surface area (Å²) in [6.45, 7) is 11.5. The summed E-state index contributed by atoms with van der Waals surface area (Å²) < 4.78 is 51.3. The smallest absolute Gasteiger partial charge is 0.319 e. The molecule has 3 fully saturated rings. The fraction of sp³-hybridized carbons (Fsp3) is 0.400. The van der Waals surface area contributed by atoms with Crippen molar-refractivity contribution in [3.05, 3.63) is 120 Å². The number of aliphatic hydroxyl groups is 1. The predicted octanol–water partition coefficient (Wildman–Crippen LogP) is 8.50. The van der Waals surface area contributed by atoms with Crippen LogP contribution >= 0.6 is 11.6 Å². The Morgan fingerprint density at radius 3 is 2.45 bits per heavy atom. The summed E-state index contributed by atoms with van der Waals surface area (Å²) in [4.78, 5) is 57.0. The van der Waals surface area contributed by atoms with E-state index in [2.05, 4.69) is 38.1 Å². The first kappa shape index (κ1) is 57.1. The first-order valence-electron chi connectivity index (χ1n) is 27.5. The van der Waals surface area contributed by atoms with E-state index in [1.807, 2.05) is 64.2 Å². The number of carbonyl (C=O) groups is 3. The number of phenolic OH excluding ortho intramolecular Hbond substituents is 1. The number of hydrogen-bond acceptors (Lipinski definition) is 15. The van der Waals surface area contributed by atoms with Gasteiger partial charge in [-0.25, -0.2) is 8.78 Å². The molecule has 0 radical (unpaired) electrons. The van der Waals surface area contributed by atoms with Crippen LogP contribution < -0.4 is 19.7 Å². The van der Waals surface area contributed by atoms with Crippen molar-refractivity contribution in [1.29, 1.82) is 5.26 Å². The molecule has 0 bridgehead atoms. The third-order valence-corrected chi connectivity index (χ3v) is 16.2. The number of aromatic hydroxyl groups is 1. The Labute approximate surface area is 477 Å². The lowest BCUT2D eigenvalue weighted by Gasteiger charge is -2.41. The minimum atomic E-state index is -1.14. The van der Waals surface area contributed by atoms with Crippen LogP contribution in [0.2, 0.25) is 5.02 Å². The summed E-state index contributed by atoms with van der Waals surface area (Å²) in [7, 11) is 1.87. The van der Waals surface area contributed by atoms with Crippen molar-refractivity contribution in [3.8, 4) is 46.1 Å². The zero-order valence-corrected chi connectivity index (χ0v) is 46.7. The molecule has 3 amide bonds. The molecule has 3 aliphatic rings. The summed E-state index contributed by atoms with van der Waals surface area (Å²) in [5, 5.41) is 44.2. The van der Waals surface area contributed by atoms with Crippen LogP contribution in [0.1, 0.15) is 69.7 Å². The van der Waals surface area contributed by atoms with E-state index < -0.39 is 41.7 Å². The first-order chi connectivity index (χ1) is 39.5. The highest BCUT2D eigenvalue weighted by Gasteiger charge is 2.44. The topological polar surface area (TPSA) is 229 Å². The van der Waals surface area contributed by atoms with Crippen molar-refractivity contribution in [2.45, 2.75) is 76.6 Å². The molecule has 3 aliphatic heterocycles. The second-order valence-corrected chi connectivity index (χ2v) is 22.1. The highest BCUT2D eigenvalue weighted by Crippen LogP contribution is 2.43. The van der Waals surface area contributed by atoms with E-state index in [4.69, 9.17) is 30.6 Å². The largest absolute Gasteiger partial charge is 0.508 e. The number of carbonyl (C=O) groups excluding carboxylic acids is 3. The number of aryl methyl sites for hydroxylation is 1. The van der Waals surface area contributed by atoms with E-state index in [0.29, 0.717) is 48.3 Å². The lowest BCUT2D eigenvalue weighted by Crippen LogP contribution is -2.55. The van der Waals surface area contributed by atoms with Crippen LogP contribution in [0.25, 0.3) is 44.1 Å². The molecule has 0 spiro atoms. The minimum absolute atomic E-state index is 0.00111. The van der Waals surface area contributed by atoms with Crippen LogP contribution in [0.4, 0.5) is 14.6 Å². The van der Waals surface area contributed by atoms with Gasteiger partial charge in [-0.1, -0.05) is 80.6 Å². The summed E-state index contributed by atoms with van der Waals surface area (Å²) >= 11 is 6.94. The highest BCUT2D eigenvalue weighted by molar-refractivity contribution is 6.35. The number of benzene rings is 4. The second kappa shape index (κ2) is 24.5. The Morgan fingerprint density at radius 2 is 1.73 bits per heavy atom. The van der Waals surface area contributed by atoms with E-state index in [0.717, 1.165) is 29.7 Å². The van der Waals surface area contributed by atoms with Gasteiger partial charge in [-0.05, 0) is 102 Å². The van der Waals surface area contributed by atoms with Gasteiger partial charge in [0.2, 0.25) is 11.8 Å². The predicted molar refractivity (Wildman–Crippen MR) is 303 cm³/mol. The third kappa shape index (κ3) is 12.1.